The maximum absolute atomic E-state index is 13.2. The van der Waals surface area contributed by atoms with E-state index < -0.39 is 0 Å². The highest BCUT2D eigenvalue weighted by molar-refractivity contribution is 5.97. The van der Waals surface area contributed by atoms with Gasteiger partial charge in [0.05, 0.1) is 19.3 Å². The third-order valence-electron chi connectivity index (χ3n) is 5.71. The van der Waals surface area contributed by atoms with Crippen molar-refractivity contribution >= 4 is 11.8 Å². The van der Waals surface area contributed by atoms with Crippen molar-refractivity contribution in [2.75, 3.05) is 39.9 Å². The average Bonchev–Trinajstić information content (AvgIpc) is 2.64. The first kappa shape index (κ1) is 18.7. The number of aryl methyl sites for hydroxylation is 1. The number of methoxy groups -OCH3 is 1. The van der Waals surface area contributed by atoms with Crippen molar-refractivity contribution in [1.82, 2.24) is 9.80 Å². The molecule has 1 aromatic carbocycles. The molecule has 2 heterocycles. The Kier molecular flexibility index (Phi) is 5.51. The number of piperidine rings is 2. The van der Waals surface area contributed by atoms with Crippen molar-refractivity contribution in [3.05, 3.63) is 29.3 Å². The van der Waals surface area contributed by atoms with Crippen molar-refractivity contribution in [3.63, 3.8) is 0 Å². The lowest BCUT2D eigenvalue weighted by atomic mass is 9.73. The molecule has 0 unspecified atom stereocenters. The van der Waals surface area contributed by atoms with Crippen LogP contribution in [0.2, 0.25) is 0 Å². The zero-order chi connectivity index (χ0) is 18.7. The van der Waals surface area contributed by atoms with E-state index in [9.17, 15) is 14.7 Å². The number of hydrogen-bond donors (Lipinski definition) is 1. The van der Waals surface area contributed by atoms with Crippen LogP contribution in [0.25, 0.3) is 0 Å². The number of para-hydroxylation sites is 1. The van der Waals surface area contributed by atoms with Gasteiger partial charge in [-0.05, 0) is 37.8 Å². The fourth-order valence-corrected chi connectivity index (χ4v) is 4.40. The van der Waals surface area contributed by atoms with E-state index >= 15 is 0 Å². The normalized spacial score (nSPS) is 23.4. The van der Waals surface area contributed by atoms with Crippen molar-refractivity contribution in [1.29, 1.82) is 0 Å². The summed E-state index contributed by atoms with van der Waals surface area (Å²) >= 11 is 0. The van der Waals surface area contributed by atoms with Crippen molar-refractivity contribution in [2.24, 2.45) is 5.41 Å². The van der Waals surface area contributed by atoms with E-state index in [1.165, 1.54) is 0 Å². The van der Waals surface area contributed by atoms with Gasteiger partial charge in [-0.25, -0.2) is 0 Å². The van der Waals surface area contributed by atoms with Gasteiger partial charge >= 0.3 is 0 Å². The predicted octanol–water partition coefficient (Wildman–Crippen LogP) is 1.84. The second-order valence-electron chi connectivity index (χ2n) is 7.52. The molecule has 2 aliphatic rings. The van der Waals surface area contributed by atoms with Crippen LogP contribution < -0.4 is 4.74 Å². The molecule has 6 nitrogen and oxygen atoms in total. The summed E-state index contributed by atoms with van der Waals surface area (Å²) in [6.07, 6.45) is 3.25. The molecule has 1 N–H and O–H groups in total. The van der Waals surface area contributed by atoms with Gasteiger partial charge in [-0.15, -0.1) is 0 Å². The fraction of sp³-hybridized carbons (Fsp3) is 0.600. The maximum Gasteiger partial charge on any atom is 0.257 e. The molecule has 0 saturated carbocycles. The summed E-state index contributed by atoms with van der Waals surface area (Å²) in [6.45, 7) is 4.29. The van der Waals surface area contributed by atoms with Crippen LogP contribution in [0, 0.1) is 12.3 Å². The van der Waals surface area contributed by atoms with E-state index in [4.69, 9.17) is 4.74 Å². The first-order valence-corrected chi connectivity index (χ1v) is 9.31. The van der Waals surface area contributed by atoms with Gasteiger partial charge in [-0.3, -0.25) is 9.59 Å². The highest BCUT2D eigenvalue weighted by atomic mass is 16.5. The van der Waals surface area contributed by atoms with Gasteiger partial charge in [0.15, 0.2) is 0 Å². The molecule has 1 atom stereocenters. The number of amides is 2. The zero-order valence-corrected chi connectivity index (χ0v) is 15.7. The minimum atomic E-state index is -0.0615. The van der Waals surface area contributed by atoms with Crippen molar-refractivity contribution in [3.8, 4) is 5.75 Å². The van der Waals surface area contributed by atoms with Gasteiger partial charge < -0.3 is 19.6 Å². The van der Waals surface area contributed by atoms with Crippen LogP contribution in [0.1, 0.15) is 41.6 Å². The lowest BCUT2D eigenvalue weighted by Crippen LogP contribution is -2.55. The first-order chi connectivity index (χ1) is 12.5. The van der Waals surface area contributed by atoms with Crippen LogP contribution in [0.5, 0.6) is 5.75 Å². The molecule has 2 fully saturated rings. The van der Waals surface area contributed by atoms with E-state index in [1.54, 1.807) is 12.0 Å². The number of carbonyl (C=O) groups is 2. The van der Waals surface area contributed by atoms with Crippen LogP contribution in [-0.2, 0) is 4.79 Å². The lowest BCUT2D eigenvalue weighted by Gasteiger charge is -2.48. The van der Waals surface area contributed by atoms with Crippen LogP contribution in [0.4, 0.5) is 0 Å². The molecule has 6 heteroatoms. The standard InChI is InChI=1S/C20H28N2O4/c1-15-5-3-6-16(18(15)26-2)19(25)22-10-4-8-20(14-22)9-7-17(24)21(13-20)11-12-23/h3,5-6,23H,4,7-14H2,1-2H3/t20-/m1/s1. The predicted molar refractivity (Wildman–Crippen MR) is 98.2 cm³/mol. The molecule has 1 aromatic rings. The highest BCUT2D eigenvalue weighted by Gasteiger charge is 2.42. The molecule has 2 aliphatic heterocycles. The lowest BCUT2D eigenvalue weighted by molar-refractivity contribution is -0.139. The summed E-state index contributed by atoms with van der Waals surface area (Å²) < 4.78 is 5.46. The second-order valence-corrected chi connectivity index (χ2v) is 7.52. The molecule has 26 heavy (non-hydrogen) atoms. The molecular weight excluding hydrogens is 332 g/mol. The number of carbonyl (C=O) groups excluding carboxylic acids is 2. The van der Waals surface area contributed by atoms with E-state index in [0.717, 1.165) is 31.4 Å². The Bertz CT molecular complexity index is 690. The minimum absolute atomic E-state index is 0.00441. The second kappa shape index (κ2) is 7.66. The monoisotopic (exact) mass is 360 g/mol. The third-order valence-corrected chi connectivity index (χ3v) is 5.71. The maximum atomic E-state index is 13.2. The molecule has 0 aromatic heterocycles. The van der Waals surface area contributed by atoms with E-state index in [1.807, 2.05) is 30.0 Å². The Hall–Kier alpha value is -2.08. The summed E-state index contributed by atoms with van der Waals surface area (Å²) in [5.41, 5.74) is 1.49. The van der Waals surface area contributed by atoms with E-state index in [-0.39, 0.29) is 23.8 Å². The average molecular weight is 360 g/mol. The summed E-state index contributed by atoms with van der Waals surface area (Å²) in [7, 11) is 1.59. The number of hydrogen-bond acceptors (Lipinski definition) is 4. The number of likely N-dealkylation sites (tertiary alicyclic amines) is 2. The van der Waals surface area contributed by atoms with E-state index in [2.05, 4.69) is 0 Å². The van der Waals surface area contributed by atoms with Crippen LogP contribution in [-0.4, -0.2) is 66.6 Å². The molecule has 2 saturated heterocycles. The van der Waals surface area contributed by atoms with Gasteiger partial charge in [0.2, 0.25) is 5.91 Å². The third kappa shape index (κ3) is 3.56. The van der Waals surface area contributed by atoms with Gasteiger partial charge in [-0.1, -0.05) is 12.1 Å². The molecule has 142 valence electrons. The largest absolute Gasteiger partial charge is 0.496 e. The smallest absolute Gasteiger partial charge is 0.257 e. The number of nitrogens with zero attached hydrogens (tertiary/aromatic N) is 2. The SMILES string of the molecule is COc1c(C)cccc1C(=O)N1CCC[C@]2(CCC(=O)N(CCO)C2)C1. The Morgan fingerprint density at radius 3 is 2.85 bits per heavy atom. The van der Waals surface area contributed by atoms with Crippen molar-refractivity contribution in [2.45, 2.75) is 32.6 Å². The topological polar surface area (TPSA) is 70.1 Å². The molecule has 0 aliphatic carbocycles. The Balaban J connectivity index is 1.79. The van der Waals surface area contributed by atoms with Gasteiger partial charge in [0.25, 0.3) is 5.91 Å². The Morgan fingerprint density at radius 2 is 2.12 bits per heavy atom. The molecular formula is C20H28N2O4. The number of aliphatic hydroxyl groups is 1. The molecule has 3 rings (SSSR count). The Morgan fingerprint density at radius 1 is 1.31 bits per heavy atom. The van der Waals surface area contributed by atoms with Crippen LogP contribution >= 0.6 is 0 Å². The summed E-state index contributed by atoms with van der Waals surface area (Å²) in [4.78, 5) is 28.9. The van der Waals surface area contributed by atoms with Crippen LogP contribution in [0.15, 0.2) is 18.2 Å². The molecule has 2 amide bonds. The van der Waals surface area contributed by atoms with Gasteiger partial charge in [0.1, 0.15) is 5.75 Å². The fourth-order valence-electron chi connectivity index (χ4n) is 4.40. The summed E-state index contributed by atoms with van der Waals surface area (Å²) in [5, 5.41) is 9.22. The number of aliphatic hydroxyl groups excluding tert-OH is 1. The van der Waals surface area contributed by atoms with Crippen LogP contribution in [0.3, 0.4) is 0 Å². The zero-order valence-electron chi connectivity index (χ0n) is 15.7. The Labute approximate surface area is 154 Å². The molecule has 0 radical (unpaired) electrons. The number of β-amino-alcohol motifs (C(OH)–C–C–N with tert-alkyl or cyclic N) is 1. The molecule has 0 bridgehead atoms. The summed E-state index contributed by atoms with van der Waals surface area (Å²) in [5.74, 6) is 0.738. The number of rotatable bonds is 4. The number of benzene rings is 1. The minimum Gasteiger partial charge on any atom is -0.496 e. The highest BCUT2D eigenvalue weighted by Crippen LogP contribution is 2.39. The van der Waals surface area contributed by atoms with Gasteiger partial charge in [-0.2, -0.15) is 0 Å². The number of ether oxygens (including phenoxy) is 1. The van der Waals surface area contributed by atoms with Gasteiger partial charge in [0, 0.05) is 38.0 Å². The summed E-state index contributed by atoms with van der Waals surface area (Å²) in [6, 6.07) is 5.64. The quantitative estimate of drug-likeness (QED) is 0.889. The van der Waals surface area contributed by atoms with E-state index in [0.29, 0.717) is 37.4 Å². The van der Waals surface area contributed by atoms with Crippen molar-refractivity contribution < 1.29 is 19.4 Å². The first-order valence-electron chi connectivity index (χ1n) is 9.31. The molecule has 1 spiro atoms.